The molecule has 0 spiro atoms. The van der Waals surface area contributed by atoms with Crippen molar-refractivity contribution in [1.82, 2.24) is 4.57 Å². The lowest BCUT2D eigenvalue weighted by atomic mass is 10.0. The number of hydrogen-bond donors (Lipinski definition) is 1. The Bertz CT molecular complexity index is 1450. The number of fused-ring (bicyclic) bond motifs is 3. The molecule has 5 rings (SSSR count). The molecule has 157 valence electrons. The number of ether oxygens (including phenoxy) is 1. The second kappa shape index (κ2) is 7.89. The number of nitrogens with zero attached hydrogens (tertiary/aromatic N) is 1. The van der Waals surface area contributed by atoms with Gasteiger partial charge in [0.1, 0.15) is 5.75 Å². The van der Waals surface area contributed by atoms with Crippen LogP contribution in [-0.4, -0.2) is 17.6 Å². The molecule has 4 nitrogen and oxygen atoms in total. The molecule has 1 radical (unpaired) electrons. The summed E-state index contributed by atoms with van der Waals surface area (Å²) < 4.78 is 7.53. The largest absolute Gasteiger partial charge is 0.497 e. The van der Waals surface area contributed by atoms with Crippen LogP contribution in [0.2, 0.25) is 0 Å². The fourth-order valence-electron chi connectivity index (χ4n) is 4.26. The SMILES string of the molecule is COc1ccc(-c2c[c]c3c4c(C(N)=O)cccc4n(Cc4ccc(C)cc4)c3c2)cc1. The molecule has 1 heterocycles. The molecule has 0 aliphatic carbocycles. The number of aromatic nitrogens is 1. The first kappa shape index (κ1) is 19.9. The maximum Gasteiger partial charge on any atom is 0.249 e. The molecule has 2 N–H and O–H groups in total. The quantitative estimate of drug-likeness (QED) is 0.396. The van der Waals surface area contributed by atoms with E-state index in [9.17, 15) is 4.79 Å². The molecule has 0 aliphatic rings. The van der Waals surface area contributed by atoms with Crippen molar-refractivity contribution in [3.05, 3.63) is 102 Å². The number of carbonyl (C=O) groups is 1. The molecule has 0 saturated carbocycles. The van der Waals surface area contributed by atoms with Crippen molar-refractivity contribution in [1.29, 1.82) is 0 Å². The van der Waals surface area contributed by atoms with Gasteiger partial charge in [-0.3, -0.25) is 4.79 Å². The molecule has 0 bridgehead atoms. The maximum absolute atomic E-state index is 12.2. The molecule has 4 heteroatoms. The lowest BCUT2D eigenvalue weighted by Crippen LogP contribution is -2.11. The van der Waals surface area contributed by atoms with Crippen LogP contribution in [0.1, 0.15) is 21.5 Å². The van der Waals surface area contributed by atoms with Crippen LogP contribution in [0.3, 0.4) is 0 Å². The highest BCUT2D eigenvalue weighted by molar-refractivity contribution is 6.18. The minimum Gasteiger partial charge on any atom is -0.497 e. The van der Waals surface area contributed by atoms with Crippen LogP contribution in [0, 0.1) is 13.0 Å². The summed E-state index contributed by atoms with van der Waals surface area (Å²) in [4.78, 5) is 12.2. The van der Waals surface area contributed by atoms with Crippen molar-refractivity contribution in [2.75, 3.05) is 7.11 Å². The Kier molecular flexibility index (Phi) is 4.91. The van der Waals surface area contributed by atoms with Gasteiger partial charge in [0, 0.05) is 22.9 Å². The third-order valence-electron chi connectivity index (χ3n) is 5.94. The zero-order valence-corrected chi connectivity index (χ0v) is 18.1. The van der Waals surface area contributed by atoms with Crippen molar-refractivity contribution in [3.63, 3.8) is 0 Å². The molecular formula is C28H23N2O2. The Morgan fingerprint density at radius 1 is 0.969 bits per heavy atom. The molecule has 0 aliphatic heterocycles. The first-order valence-electron chi connectivity index (χ1n) is 10.5. The van der Waals surface area contributed by atoms with Gasteiger partial charge in [-0.1, -0.05) is 48.0 Å². The Balaban J connectivity index is 1.75. The molecule has 4 aromatic carbocycles. The van der Waals surface area contributed by atoms with E-state index in [2.05, 4.69) is 47.9 Å². The fourth-order valence-corrected chi connectivity index (χ4v) is 4.26. The second-order valence-electron chi connectivity index (χ2n) is 8.01. The number of carbonyl (C=O) groups excluding carboxylic acids is 1. The number of rotatable bonds is 5. The van der Waals surface area contributed by atoms with Crippen molar-refractivity contribution >= 4 is 27.7 Å². The topological polar surface area (TPSA) is 57.2 Å². The summed E-state index contributed by atoms with van der Waals surface area (Å²) in [7, 11) is 1.66. The van der Waals surface area contributed by atoms with E-state index in [1.165, 1.54) is 11.1 Å². The number of benzene rings is 4. The van der Waals surface area contributed by atoms with Gasteiger partial charge in [0.2, 0.25) is 5.91 Å². The summed E-state index contributed by atoms with van der Waals surface area (Å²) in [5.74, 6) is 0.385. The van der Waals surface area contributed by atoms with E-state index in [0.717, 1.165) is 38.7 Å². The highest BCUT2D eigenvalue weighted by Gasteiger charge is 2.17. The third-order valence-corrected chi connectivity index (χ3v) is 5.94. The van der Waals surface area contributed by atoms with Gasteiger partial charge in [-0.25, -0.2) is 0 Å². The lowest BCUT2D eigenvalue weighted by Gasteiger charge is -2.10. The van der Waals surface area contributed by atoms with Gasteiger partial charge in [-0.05, 0) is 66.1 Å². The molecule has 0 saturated heterocycles. The number of primary amides is 1. The zero-order valence-electron chi connectivity index (χ0n) is 18.1. The summed E-state index contributed by atoms with van der Waals surface area (Å²) in [5.41, 5.74) is 12.8. The van der Waals surface area contributed by atoms with E-state index in [1.807, 2.05) is 42.5 Å². The molecular weight excluding hydrogens is 396 g/mol. The fraction of sp³-hybridized carbons (Fsp3) is 0.107. The standard InChI is InChI=1S/C28H23N2O2/c1-18-6-8-19(9-7-18)17-30-25-5-3-4-24(28(29)31)27(25)23-15-12-21(16-26(23)30)20-10-13-22(32-2)14-11-20/h3-14,16H,17H2,1-2H3,(H2,29,31). The summed E-state index contributed by atoms with van der Waals surface area (Å²) in [5, 5.41) is 1.75. The molecule has 0 unspecified atom stereocenters. The summed E-state index contributed by atoms with van der Waals surface area (Å²) >= 11 is 0. The van der Waals surface area contributed by atoms with Crippen LogP contribution in [0.5, 0.6) is 5.75 Å². The van der Waals surface area contributed by atoms with E-state index in [4.69, 9.17) is 10.5 Å². The molecule has 1 amide bonds. The Morgan fingerprint density at radius 3 is 2.41 bits per heavy atom. The summed E-state index contributed by atoms with van der Waals surface area (Å²) in [6.07, 6.45) is 0. The van der Waals surface area contributed by atoms with Crippen LogP contribution >= 0.6 is 0 Å². The normalized spacial score (nSPS) is 11.2. The summed E-state index contributed by atoms with van der Waals surface area (Å²) in [6.45, 7) is 2.77. The van der Waals surface area contributed by atoms with Crippen LogP contribution in [-0.2, 0) is 6.54 Å². The van der Waals surface area contributed by atoms with E-state index < -0.39 is 5.91 Å². The predicted molar refractivity (Wildman–Crippen MR) is 129 cm³/mol. The number of amides is 1. The highest BCUT2D eigenvalue weighted by Crippen LogP contribution is 2.35. The Morgan fingerprint density at radius 2 is 1.72 bits per heavy atom. The minimum absolute atomic E-state index is 0.433. The zero-order chi connectivity index (χ0) is 22.2. The lowest BCUT2D eigenvalue weighted by molar-refractivity contribution is 0.100. The molecule has 0 atom stereocenters. The minimum atomic E-state index is -0.433. The third kappa shape index (κ3) is 3.40. The number of hydrogen-bond acceptors (Lipinski definition) is 2. The van der Waals surface area contributed by atoms with Crippen LogP contribution in [0.25, 0.3) is 32.9 Å². The predicted octanol–water partition coefficient (Wildman–Crippen LogP) is 5.73. The van der Waals surface area contributed by atoms with Gasteiger partial charge < -0.3 is 15.0 Å². The van der Waals surface area contributed by atoms with Gasteiger partial charge in [0.25, 0.3) is 0 Å². The smallest absolute Gasteiger partial charge is 0.249 e. The number of nitrogens with two attached hydrogens (primary N) is 1. The van der Waals surface area contributed by atoms with E-state index in [0.29, 0.717) is 12.1 Å². The molecule has 32 heavy (non-hydrogen) atoms. The Labute approximate surface area is 186 Å². The van der Waals surface area contributed by atoms with E-state index in [1.54, 1.807) is 13.2 Å². The Hall–Kier alpha value is -4.05. The molecule has 5 aromatic rings. The first-order chi connectivity index (χ1) is 15.5. The van der Waals surface area contributed by atoms with Gasteiger partial charge in [-0.2, -0.15) is 0 Å². The van der Waals surface area contributed by atoms with E-state index in [-0.39, 0.29) is 0 Å². The average molecular weight is 420 g/mol. The number of aryl methyl sites for hydroxylation is 1. The molecule has 0 fully saturated rings. The first-order valence-corrected chi connectivity index (χ1v) is 10.5. The van der Waals surface area contributed by atoms with Gasteiger partial charge in [0.05, 0.1) is 18.1 Å². The summed E-state index contributed by atoms with van der Waals surface area (Å²) in [6, 6.07) is 29.8. The molecule has 1 aromatic heterocycles. The van der Waals surface area contributed by atoms with Gasteiger partial charge in [-0.15, -0.1) is 0 Å². The number of methoxy groups -OCH3 is 1. The van der Waals surface area contributed by atoms with Crippen molar-refractivity contribution in [3.8, 4) is 16.9 Å². The van der Waals surface area contributed by atoms with Crippen molar-refractivity contribution < 1.29 is 9.53 Å². The van der Waals surface area contributed by atoms with Crippen molar-refractivity contribution in [2.24, 2.45) is 5.73 Å². The van der Waals surface area contributed by atoms with Gasteiger partial charge >= 0.3 is 0 Å². The van der Waals surface area contributed by atoms with E-state index >= 15 is 0 Å². The average Bonchev–Trinajstić information content (AvgIpc) is 3.13. The van der Waals surface area contributed by atoms with Gasteiger partial charge in [0.15, 0.2) is 0 Å². The second-order valence-corrected chi connectivity index (χ2v) is 8.01. The highest BCUT2D eigenvalue weighted by atomic mass is 16.5. The monoisotopic (exact) mass is 419 g/mol. The van der Waals surface area contributed by atoms with Crippen LogP contribution in [0.4, 0.5) is 0 Å². The van der Waals surface area contributed by atoms with Crippen molar-refractivity contribution in [2.45, 2.75) is 13.5 Å². The van der Waals surface area contributed by atoms with Crippen LogP contribution < -0.4 is 10.5 Å². The van der Waals surface area contributed by atoms with Crippen LogP contribution in [0.15, 0.2) is 78.9 Å². The maximum atomic E-state index is 12.2.